The van der Waals surface area contributed by atoms with Crippen molar-refractivity contribution in [3.63, 3.8) is 0 Å². The Morgan fingerprint density at radius 2 is 1.71 bits per heavy atom. The number of aldehydes is 1. The molecule has 0 aliphatic carbocycles. The van der Waals surface area contributed by atoms with Gasteiger partial charge < -0.3 is 21.4 Å². The lowest BCUT2D eigenvalue weighted by Gasteiger charge is -2.19. The molecule has 1 aromatic heterocycles. The van der Waals surface area contributed by atoms with E-state index in [2.05, 4.69) is 31.8 Å². The van der Waals surface area contributed by atoms with Crippen LogP contribution in [0, 0.1) is 10.8 Å². The number of aromatic nitrogens is 1. The van der Waals surface area contributed by atoms with Crippen LogP contribution in [0.4, 0.5) is 5.82 Å². The average Bonchev–Trinajstić information content (AvgIpc) is 2.63. The highest BCUT2D eigenvalue weighted by atomic mass is 32.2. The molecule has 0 saturated carbocycles. The summed E-state index contributed by atoms with van der Waals surface area (Å²) in [6, 6.07) is 10.0. The van der Waals surface area contributed by atoms with E-state index < -0.39 is 0 Å². The van der Waals surface area contributed by atoms with Crippen molar-refractivity contribution in [2.75, 3.05) is 5.73 Å². The second-order valence-corrected chi connectivity index (χ2v) is 11.0. The first-order valence-corrected chi connectivity index (χ1v) is 10.8. The van der Waals surface area contributed by atoms with Crippen molar-refractivity contribution in [2.45, 2.75) is 57.6 Å². The number of nitrogens with one attached hydrogen (secondary N) is 1. The lowest BCUT2D eigenvalue weighted by atomic mass is 9.93. The molecule has 6 nitrogen and oxygen atoms in total. The highest BCUT2D eigenvalue weighted by Crippen LogP contribution is 2.36. The van der Waals surface area contributed by atoms with Gasteiger partial charge in [0.2, 0.25) is 0 Å². The Labute approximate surface area is 189 Å². The van der Waals surface area contributed by atoms with E-state index in [1.807, 2.05) is 45.0 Å². The maximum atomic E-state index is 10.5. The Bertz CT molecular complexity index is 924. The molecule has 7 heteroatoms. The predicted molar refractivity (Wildman–Crippen MR) is 132 cm³/mol. The van der Waals surface area contributed by atoms with Crippen LogP contribution < -0.4 is 11.5 Å². The summed E-state index contributed by atoms with van der Waals surface area (Å²) in [6.45, 7) is 12.0. The Morgan fingerprint density at radius 1 is 1.13 bits per heavy atom. The van der Waals surface area contributed by atoms with Crippen LogP contribution in [0.15, 0.2) is 53.3 Å². The van der Waals surface area contributed by atoms with Gasteiger partial charge in [0.15, 0.2) is 0 Å². The fourth-order valence-corrected chi connectivity index (χ4v) is 3.32. The first kappa shape index (κ1) is 26.2. The SMILES string of the molecule is CC(C)(C)/C(O)=C/C(=N)N.CC(C)(C)Sc1cc(-c2ccc(CC=O)cc2)cnc1N. The number of anilines is 1. The molecule has 0 unspecified atom stereocenters. The summed E-state index contributed by atoms with van der Waals surface area (Å²) in [5.41, 5.74) is 13.8. The van der Waals surface area contributed by atoms with Gasteiger partial charge in [-0.3, -0.25) is 5.41 Å². The monoisotopic (exact) mass is 442 g/mol. The number of hydrogen-bond acceptors (Lipinski definition) is 6. The molecule has 0 saturated heterocycles. The number of rotatable bonds is 5. The largest absolute Gasteiger partial charge is 0.512 e. The molecule has 6 N–H and O–H groups in total. The van der Waals surface area contributed by atoms with Crippen molar-refractivity contribution in [1.29, 1.82) is 5.41 Å². The molecule has 0 spiro atoms. The Hall–Kier alpha value is -2.80. The van der Waals surface area contributed by atoms with Gasteiger partial charge in [0.1, 0.15) is 23.7 Å². The van der Waals surface area contributed by atoms with Gasteiger partial charge in [0, 0.05) is 34.4 Å². The molecule has 0 atom stereocenters. The van der Waals surface area contributed by atoms with E-state index >= 15 is 0 Å². The van der Waals surface area contributed by atoms with Crippen LogP contribution in [0.25, 0.3) is 11.1 Å². The molecule has 0 aliphatic rings. The van der Waals surface area contributed by atoms with E-state index in [-0.39, 0.29) is 21.8 Å². The molecule has 2 aromatic rings. The van der Waals surface area contributed by atoms with Crippen molar-refractivity contribution >= 4 is 29.7 Å². The Kier molecular flexibility index (Phi) is 9.31. The molecule has 0 bridgehead atoms. The molecule has 0 radical (unpaired) electrons. The van der Waals surface area contributed by atoms with E-state index in [9.17, 15) is 9.90 Å². The maximum Gasteiger partial charge on any atom is 0.137 e. The maximum absolute atomic E-state index is 10.5. The van der Waals surface area contributed by atoms with Crippen molar-refractivity contribution in [1.82, 2.24) is 4.98 Å². The van der Waals surface area contributed by atoms with Crippen molar-refractivity contribution in [2.24, 2.45) is 11.1 Å². The molecule has 168 valence electrons. The third kappa shape index (κ3) is 9.70. The number of carbonyl (C=O) groups excluding carboxylic acids is 1. The molecule has 0 amide bonds. The van der Waals surface area contributed by atoms with Gasteiger partial charge in [-0.25, -0.2) is 4.98 Å². The third-order valence-corrected chi connectivity index (χ3v) is 5.12. The zero-order chi connectivity index (χ0) is 23.8. The number of aliphatic hydroxyl groups excluding tert-OH is 1. The zero-order valence-corrected chi connectivity index (χ0v) is 20.0. The van der Waals surface area contributed by atoms with Gasteiger partial charge >= 0.3 is 0 Å². The van der Waals surface area contributed by atoms with Crippen molar-refractivity contribution in [3.05, 3.63) is 53.9 Å². The fourth-order valence-electron chi connectivity index (χ4n) is 2.32. The number of thioether (sulfide) groups is 1. The average molecular weight is 443 g/mol. The highest BCUT2D eigenvalue weighted by molar-refractivity contribution is 8.00. The first-order chi connectivity index (χ1) is 14.2. The third-order valence-electron chi connectivity index (χ3n) is 3.96. The highest BCUT2D eigenvalue weighted by Gasteiger charge is 2.16. The van der Waals surface area contributed by atoms with Crippen molar-refractivity contribution in [3.8, 4) is 11.1 Å². The van der Waals surface area contributed by atoms with Crippen molar-refractivity contribution < 1.29 is 9.90 Å². The quantitative estimate of drug-likeness (QED) is 0.162. The molecular formula is C24H34N4O2S. The normalized spacial score (nSPS) is 12.0. The van der Waals surface area contributed by atoms with E-state index in [0.717, 1.165) is 27.9 Å². The molecule has 31 heavy (non-hydrogen) atoms. The summed E-state index contributed by atoms with van der Waals surface area (Å²) in [5, 5.41) is 16.0. The van der Waals surface area contributed by atoms with Gasteiger partial charge in [-0.2, -0.15) is 0 Å². The fraction of sp³-hybridized carbons (Fsp3) is 0.375. The van der Waals surface area contributed by atoms with Crippen LogP contribution in [0.3, 0.4) is 0 Å². The first-order valence-electron chi connectivity index (χ1n) is 9.95. The minimum atomic E-state index is -0.314. The number of carbonyl (C=O) groups is 1. The van der Waals surface area contributed by atoms with Gasteiger partial charge in [-0.1, -0.05) is 65.8 Å². The molecule has 1 heterocycles. The number of pyridine rings is 1. The van der Waals surface area contributed by atoms with Gasteiger partial charge in [0.25, 0.3) is 0 Å². The Morgan fingerprint density at radius 3 is 2.13 bits per heavy atom. The van der Waals surface area contributed by atoms with E-state index in [1.54, 1.807) is 18.0 Å². The zero-order valence-electron chi connectivity index (χ0n) is 19.2. The summed E-state index contributed by atoms with van der Waals surface area (Å²) >= 11 is 1.71. The smallest absolute Gasteiger partial charge is 0.137 e. The Balaban J connectivity index is 0.000000407. The lowest BCUT2D eigenvalue weighted by molar-refractivity contribution is -0.107. The lowest BCUT2D eigenvalue weighted by Crippen LogP contribution is -2.14. The van der Waals surface area contributed by atoms with E-state index in [1.165, 1.54) is 6.08 Å². The predicted octanol–water partition coefficient (Wildman–Crippen LogP) is 5.37. The van der Waals surface area contributed by atoms with E-state index in [4.69, 9.17) is 16.9 Å². The topological polar surface area (TPSA) is 126 Å². The second-order valence-electron chi connectivity index (χ2n) is 9.12. The number of aliphatic hydroxyl groups is 1. The molecule has 0 aliphatic heterocycles. The van der Waals surface area contributed by atoms with Gasteiger partial charge in [0.05, 0.1) is 4.90 Å². The molecule has 0 fully saturated rings. The van der Waals surface area contributed by atoms with Crippen LogP contribution in [0.2, 0.25) is 0 Å². The van der Waals surface area contributed by atoms with Crippen LogP contribution in [0.1, 0.15) is 47.1 Å². The summed E-state index contributed by atoms with van der Waals surface area (Å²) in [5.74, 6) is 0.587. The number of benzene rings is 1. The van der Waals surface area contributed by atoms with Gasteiger partial charge in [-0.05, 0) is 17.2 Å². The number of nitrogens with two attached hydrogens (primary N) is 2. The minimum Gasteiger partial charge on any atom is -0.512 e. The molecule has 1 aromatic carbocycles. The summed E-state index contributed by atoms with van der Waals surface area (Å²) in [4.78, 5) is 15.8. The molecular weight excluding hydrogens is 408 g/mol. The van der Waals surface area contributed by atoms with Gasteiger partial charge in [-0.15, -0.1) is 11.8 Å². The standard InChI is InChI=1S/C17H20N2OS.C7H14N2O/c1-17(2,3)21-15-10-14(11-19-16(15)18)13-6-4-12(5-7-13)8-9-20;1-7(2,3)5(10)4-6(8)9/h4-7,9-11H,8H2,1-3H3,(H2,18,19);4,10H,1-3H3,(H3,8,9)/b;5-4-. The summed E-state index contributed by atoms with van der Waals surface area (Å²) in [6.07, 6.45) is 4.40. The number of nitrogens with zero attached hydrogens (tertiary/aromatic N) is 1. The second kappa shape index (κ2) is 11.0. The number of nitrogen functional groups attached to an aromatic ring is 1. The minimum absolute atomic E-state index is 0.0856. The van der Waals surface area contributed by atoms with Crippen LogP contribution in [0.5, 0.6) is 0 Å². The molecule has 2 rings (SSSR count). The number of amidine groups is 1. The van der Waals surface area contributed by atoms with E-state index in [0.29, 0.717) is 12.2 Å². The number of hydrogen-bond donors (Lipinski definition) is 4. The van der Waals surface area contributed by atoms with Crippen LogP contribution >= 0.6 is 11.8 Å². The van der Waals surface area contributed by atoms with Crippen LogP contribution in [-0.2, 0) is 11.2 Å². The summed E-state index contributed by atoms with van der Waals surface area (Å²) in [7, 11) is 0. The summed E-state index contributed by atoms with van der Waals surface area (Å²) < 4.78 is 0.0856. The van der Waals surface area contributed by atoms with Crippen LogP contribution in [-0.4, -0.2) is 27.0 Å². The number of allylic oxidation sites excluding steroid dienone is 1.